The SMILES string of the molecule is Cc1cccc2c1CN(C)CCCCC2. The molecule has 0 aromatic heterocycles. The van der Waals surface area contributed by atoms with Crippen molar-refractivity contribution in [3.05, 3.63) is 34.9 Å². The van der Waals surface area contributed by atoms with Gasteiger partial charge in [0.1, 0.15) is 0 Å². The molecule has 2 rings (SSSR count). The molecule has 1 aliphatic rings. The number of hydrogen-bond acceptors (Lipinski definition) is 1. The number of fused-ring (bicyclic) bond motifs is 1. The zero-order valence-electron chi connectivity index (χ0n) is 9.92. The van der Waals surface area contributed by atoms with Crippen molar-refractivity contribution in [2.75, 3.05) is 13.6 Å². The minimum absolute atomic E-state index is 1.13. The Morgan fingerprint density at radius 2 is 2.00 bits per heavy atom. The first kappa shape index (κ1) is 10.7. The van der Waals surface area contributed by atoms with Crippen LogP contribution in [0.2, 0.25) is 0 Å². The fourth-order valence-corrected chi connectivity index (χ4v) is 2.45. The molecule has 0 radical (unpaired) electrons. The van der Waals surface area contributed by atoms with Crippen molar-refractivity contribution < 1.29 is 0 Å². The van der Waals surface area contributed by atoms with Crippen LogP contribution in [0.1, 0.15) is 36.0 Å². The third kappa shape index (κ3) is 2.60. The smallest absolute Gasteiger partial charge is 0.0236 e. The maximum atomic E-state index is 2.46. The van der Waals surface area contributed by atoms with E-state index in [0.717, 1.165) is 6.54 Å². The lowest BCUT2D eigenvalue weighted by molar-refractivity contribution is 0.320. The van der Waals surface area contributed by atoms with Gasteiger partial charge in [0.15, 0.2) is 0 Å². The maximum absolute atomic E-state index is 2.46. The minimum Gasteiger partial charge on any atom is -0.302 e. The average molecular weight is 203 g/mol. The first-order valence-corrected chi connectivity index (χ1v) is 6.03. The highest BCUT2D eigenvalue weighted by atomic mass is 15.1. The molecular formula is C14H21N. The first-order chi connectivity index (χ1) is 7.27. The van der Waals surface area contributed by atoms with Gasteiger partial charge < -0.3 is 4.90 Å². The summed E-state index contributed by atoms with van der Waals surface area (Å²) in [6, 6.07) is 6.75. The highest BCUT2D eigenvalue weighted by Crippen LogP contribution is 2.20. The minimum atomic E-state index is 1.13. The van der Waals surface area contributed by atoms with Crippen LogP contribution < -0.4 is 0 Å². The molecule has 0 saturated heterocycles. The van der Waals surface area contributed by atoms with Gasteiger partial charge in [-0.1, -0.05) is 24.6 Å². The van der Waals surface area contributed by atoms with Crippen molar-refractivity contribution >= 4 is 0 Å². The van der Waals surface area contributed by atoms with E-state index in [4.69, 9.17) is 0 Å². The van der Waals surface area contributed by atoms with Crippen molar-refractivity contribution in [1.82, 2.24) is 4.90 Å². The van der Waals surface area contributed by atoms with Crippen LogP contribution in [0.25, 0.3) is 0 Å². The molecule has 0 fully saturated rings. The molecular weight excluding hydrogens is 182 g/mol. The average Bonchev–Trinajstić information content (AvgIpc) is 2.30. The predicted octanol–water partition coefficient (Wildman–Crippen LogP) is 3.15. The number of hydrogen-bond donors (Lipinski definition) is 0. The number of benzene rings is 1. The Hall–Kier alpha value is -0.820. The number of rotatable bonds is 0. The lowest BCUT2D eigenvalue weighted by atomic mass is 9.98. The van der Waals surface area contributed by atoms with Crippen molar-refractivity contribution in [2.24, 2.45) is 0 Å². The zero-order chi connectivity index (χ0) is 10.7. The van der Waals surface area contributed by atoms with Crippen molar-refractivity contribution in [3.63, 3.8) is 0 Å². The Labute approximate surface area is 93.1 Å². The molecule has 1 aromatic rings. The zero-order valence-corrected chi connectivity index (χ0v) is 9.92. The van der Waals surface area contributed by atoms with Gasteiger partial charge in [-0.05, 0) is 56.5 Å². The van der Waals surface area contributed by atoms with E-state index >= 15 is 0 Å². The maximum Gasteiger partial charge on any atom is 0.0236 e. The summed E-state index contributed by atoms with van der Waals surface area (Å²) in [4.78, 5) is 2.46. The highest BCUT2D eigenvalue weighted by Gasteiger charge is 2.10. The molecule has 1 heteroatoms. The third-order valence-corrected chi connectivity index (χ3v) is 3.42. The summed E-state index contributed by atoms with van der Waals surface area (Å²) in [5.74, 6) is 0. The molecule has 82 valence electrons. The fraction of sp³-hybridized carbons (Fsp3) is 0.571. The molecule has 0 saturated carbocycles. The van der Waals surface area contributed by atoms with E-state index < -0.39 is 0 Å². The molecule has 1 nitrogen and oxygen atoms in total. The second kappa shape index (κ2) is 4.80. The van der Waals surface area contributed by atoms with Gasteiger partial charge in [0.25, 0.3) is 0 Å². The molecule has 1 aliphatic heterocycles. The van der Waals surface area contributed by atoms with Gasteiger partial charge >= 0.3 is 0 Å². The molecule has 0 atom stereocenters. The Balaban J connectivity index is 2.30. The van der Waals surface area contributed by atoms with Gasteiger partial charge in [-0.2, -0.15) is 0 Å². The van der Waals surface area contributed by atoms with E-state index in [-0.39, 0.29) is 0 Å². The second-order valence-electron chi connectivity index (χ2n) is 4.76. The molecule has 0 unspecified atom stereocenters. The van der Waals surface area contributed by atoms with Gasteiger partial charge in [0, 0.05) is 6.54 Å². The largest absolute Gasteiger partial charge is 0.302 e. The Morgan fingerprint density at radius 1 is 1.13 bits per heavy atom. The van der Waals surface area contributed by atoms with Gasteiger partial charge in [-0.15, -0.1) is 0 Å². The van der Waals surface area contributed by atoms with E-state index in [2.05, 4.69) is 37.1 Å². The van der Waals surface area contributed by atoms with Gasteiger partial charge in [0.2, 0.25) is 0 Å². The van der Waals surface area contributed by atoms with Crippen LogP contribution in [0.5, 0.6) is 0 Å². The Morgan fingerprint density at radius 3 is 2.87 bits per heavy atom. The second-order valence-corrected chi connectivity index (χ2v) is 4.76. The topological polar surface area (TPSA) is 3.24 Å². The highest BCUT2D eigenvalue weighted by molar-refractivity contribution is 5.34. The molecule has 1 aromatic carbocycles. The molecule has 0 aliphatic carbocycles. The van der Waals surface area contributed by atoms with Gasteiger partial charge in [-0.3, -0.25) is 0 Å². The monoisotopic (exact) mass is 203 g/mol. The van der Waals surface area contributed by atoms with Crippen LogP contribution in [0.4, 0.5) is 0 Å². The third-order valence-electron chi connectivity index (χ3n) is 3.42. The quantitative estimate of drug-likeness (QED) is 0.626. The van der Waals surface area contributed by atoms with E-state index in [9.17, 15) is 0 Å². The van der Waals surface area contributed by atoms with Crippen LogP contribution >= 0.6 is 0 Å². The van der Waals surface area contributed by atoms with Gasteiger partial charge in [0.05, 0.1) is 0 Å². The molecule has 1 heterocycles. The molecule has 15 heavy (non-hydrogen) atoms. The fourth-order valence-electron chi connectivity index (χ4n) is 2.45. The predicted molar refractivity (Wildman–Crippen MR) is 65.1 cm³/mol. The molecule has 0 amide bonds. The van der Waals surface area contributed by atoms with Crippen molar-refractivity contribution in [2.45, 2.75) is 39.2 Å². The van der Waals surface area contributed by atoms with Crippen LogP contribution in [0, 0.1) is 6.92 Å². The van der Waals surface area contributed by atoms with Crippen LogP contribution in [0.3, 0.4) is 0 Å². The normalized spacial score (nSPS) is 18.8. The Kier molecular flexibility index (Phi) is 3.42. The number of nitrogens with zero attached hydrogens (tertiary/aromatic N) is 1. The molecule has 0 bridgehead atoms. The van der Waals surface area contributed by atoms with E-state index in [0.29, 0.717) is 0 Å². The first-order valence-electron chi connectivity index (χ1n) is 6.03. The van der Waals surface area contributed by atoms with Crippen molar-refractivity contribution in [3.8, 4) is 0 Å². The summed E-state index contributed by atoms with van der Waals surface area (Å²) in [5.41, 5.74) is 4.60. The standard InChI is InChI=1S/C14H21N/c1-12-7-6-9-13-8-4-3-5-10-15(2)11-14(12)13/h6-7,9H,3-5,8,10-11H2,1-2H3. The summed E-state index contributed by atoms with van der Waals surface area (Å²) in [5, 5.41) is 0. The van der Waals surface area contributed by atoms with Crippen LogP contribution in [-0.2, 0) is 13.0 Å². The van der Waals surface area contributed by atoms with Gasteiger partial charge in [-0.25, -0.2) is 0 Å². The van der Waals surface area contributed by atoms with E-state index in [1.54, 1.807) is 11.1 Å². The molecule has 0 N–H and O–H groups in total. The summed E-state index contributed by atoms with van der Waals surface area (Å²) < 4.78 is 0. The molecule has 0 spiro atoms. The summed E-state index contributed by atoms with van der Waals surface area (Å²) in [7, 11) is 2.24. The summed E-state index contributed by atoms with van der Waals surface area (Å²) in [6.45, 7) is 4.61. The lowest BCUT2D eigenvalue weighted by Gasteiger charge is -2.18. The lowest BCUT2D eigenvalue weighted by Crippen LogP contribution is -2.19. The van der Waals surface area contributed by atoms with E-state index in [1.165, 1.54) is 37.8 Å². The van der Waals surface area contributed by atoms with Crippen molar-refractivity contribution in [1.29, 1.82) is 0 Å². The van der Waals surface area contributed by atoms with E-state index in [1.807, 2.05) is 0 Å². The summed E-state index contributed by atoms with van der Waals surface area (Å²) in [6.07, 6.45) is 5.34. The number of aryl methyl sites for hydroxylation is 2. The van der Waals surface area contributed by atoms with Crippen LogP contribution in [-0.4, -0.2) is 18.5 Å². The summed E-state index contributed by atoms with van der Waals surface area (Å²) >= 11 is 0. The Bertz CT molecular complexity index is 330. The van der Waals surface area contributed by atoms with Crippen LogP contribution in [0.15, 0.2) is 18.2 Å².